The van der Waals surface area contributed by atoms with Crippen molar-refractivity contribution in [1.29, 1.82) is 0 Å². The van der Waals surface area contributed by atoms with Gasteiger partial charge in [0.15, 0.2) is 5.65 Å². The molecular formula is C26H25N5O3. The van der Waals surface area contributed by atoms with E-state index in [1.807, 2.05) is 60.7 Å². The number of carbonyl (C=O) groups is 2. The molecular weight excluding hydrogens is 430 g/mol. The number of benzene rings is 2. The Morgan fingerprint density at radius 2 is 1.47 bits per heavy atom. The van der Waals surface area contributed by atoms with Crippen LogP contribution in [0.25, 0.3) is 28.2 Å². The van der Waals surface area contributed by atoms with E-state index in [4.69, 9.17) is 14.8 Å². The van der Waals surface area contributed by atoms with Crippen LogP contribution in [-0.4, -0.2) is 69.5 Å². The van der Waals surface area contributed by atoms with Crippen LogP contribution in [0.2, 0.25) is 0 Å². The summed E-state index contributed by atoms with van der Waals surface area (Å²) in [7, 11) is 1.62. The number of nitrogens with zero attached hydrogens (tertiary/aromatic N) is 5. The fraction of sp³-hybridized carbons (Fsp3) is 0.231. The highest BCUT2D eigenvalue weighted by atomic mass is 16.5. The number of carbonyl (C=O) groups excluding carboxylic acids is 2. The molecule has 0 radical (unpaired) electrons. The summed E-state index contributed by atoms with van der Waals surface area (Å²) in [6.07, 6.45) is 0. The molecule has 1 aliphatic rings. The first-order valence-electron chi connectivity index (χ1n) is 11.2. The summed E-state index contributed by atoms with van der Waals surface area (Å²) in [4.78, 5) is 33.7. The molecule has 3 heterocycles. The van der Waals surface area contributed by atoms with Crippen LogP contribution in [-0.2, 0) is 4.79 Å². The molecule has 0 saturated carbocycles. The van der Waals surface area contributed by atoms with Crippen molar-refractivity contribution in [3.8, 4) is 28.3 Å². The van der Waals surface area contributed by atoms with Gasteiger partial charge in [0.2, 0.25) is 5.91 Å². The quantitative estimate of drug-likeness (QED) is 0.471. The monoisotopic (exact) mass is 455 g/mol. The first-order chi connectivity index (χ1) is 16.5. The van der Waals surface area contributed by atoms with Gasteiger partial charge in [-0.25, -0.2) is 9.50 Å². The van der Waals surface area contributed by atoms with Gasteiger partial charge in [-0.2, -0.15) is 5.10 Å². The van der Waals surface area contributed by atoms with E-state index in [2.05, 4.69) is 0 Å². The van der Waals surface area contributed by atoms with E-state index in [0.29, 0.717) is 43.2 Å². The lowest BCUT2D eigenvalue weighted by Crippen LogP contribution is -2.50. The Morgan fingerprint density at radius 1 is 0.824 bits per heavy atom. The van der Waals surface area contributed by atoms with E-state index < -0.39 is 0 Å². The van der Waals surface area contributed by atoms with E-state index in [1.165, 1.54) is 0 Å². The summed E-state index contributed by atoms with van der Waals surface area (Å²) in [5, 5.41) is 4.73. The maximum absolute atomic E-state index is 13.6. The third-order valence-electron chi connectivity index (χ3n) is 6.11. The number of hydrogen-bond acceptors (Lipinski definition) is 5. The number of hydrogen-bond donors (Lipinski definition) is 0. The smallest absolute Gasteiger partial charge is 0.272 e. The molecule has 2 aromatic heterocycles. The van der Waals surface area contributed by atoms with Gasteiger partial charge in [-0.05, 0) is 30.3 Å². The van der Waals surface area contributed by atoms with Gasteiger partial charge in [-0.15, -0.1) is 0 Å². The normalized spacial score (nSPS) is 13.8. The molecule has 0 aliphatic carbocycles. The summed E-state index contributed by atoms with van der Waals surface area (Å²) in [5.74, 6) is 0.646. The third kappa shape index (κ3) is 4.10. The second kappa shape index (κ2) is 8.97. The summed E-state index contributed by atoms with van der Waals surface area (Å²) in [6.45, 7) is 3.56. The fourth-order valence-corrected chi connectivity index (χ4v) is 4.17. The van der Waals surface area contributed by atoms with E-state index in [-0.39, 0.29) is 11.8 Å². The number of aromatic nitrogens is 3. The zero-order valence-electron chi connectivity index (χ0n) is 19.1. The zero-order chi connectivity index (χ0) is 23.7. The third-order valence-corrected chi connectivity index (χ3v) is 6.11. The Balaban J connectivity index is 1.58. The first-order valence-corrected chi connectivity index (χ1v) is 11.2. The van der Waals surface area contributed by atoms with Crippen molar-refractivity contribution in [2.45, 2.75) is 6.92 Å². The van der Waals surface area contributed by atoms with Crippen molar-refractivity contribution in [2.24, 2.45) is 0 Å². The fourth-order valence-electron chi connectivity index (χ4n) is 4.17. The lowest BCUT2D eigenvalue weighted by Gasteiger charge is -2.34. The van der Waals surface area contributed by atoms with Gasteiger partial charge in [0.05, 0.1) is 18.5 Å². The number of ether oxygens (including phenoxy) is 1. The number of piperazine rings is 1. The maximum atomic E-state index is 13.6. The molecule has 5 rings (SSSR count). The summed E-state index contributed by atoms with van der Waals surface area (Å²) in [6, 6.07) is 21.1. The lowest BCUT2D eigenvalue weighted by atomic mass is 10.1. The minimum absolute atomic E-state index is 0.0276. The number of rotatable bonds is 4. The standard InChI is InChI=1S/C26H25N5O3/c1-18(32)29-12-14-30(15-13-29)26(33)24-16-22(20-8-10-21(34-2)11-9-20)27-25-17-23(28-31(24)25)19-6-4-3-5-7-19/h3-11,16-17H,12-15H2,1-2H3. The summed E-state index contributed by atoms with van der Waals surface area (Å²) < 4.78 is 6.89. The predicted molar refractivity (Wildman–Crippen MR) is 129 cm³/mol. The molecule has 0 N–H and O–H groups in total. The van der Waals surface area contributed by atoms with E-state index in [9.17, 15) is 9.59 Å². The minimum Gasteiger partial charge on any atom is -0.497 e. The number of fused-ring (bicyclic) bond motifs is 1. The molecule has 8 heteroatoms. The maximum Gasteiger partial charge on any atom is 0.272 e. The Bertz CT molecular complexity index is 1340. The number of methoxy groups -OCH3 is 1. The molecule has 8 nitrogen and oxygen atoms in total. The van der Waals surface area contributed by atoms with Gasteiger partial charge in [0.25, 0.3) is 5.91 Å². The van der Waals surface area contributed by atoms with E-state index >= 15 is 0 Å². The van der Waals surface area contributed by atoms with Crippen LogP contribution in [0.4, 0.5) is 0 Å². The van der Waals surface area contributed by atoms with Gasteiger partial charge in [0, 0.05) is 50.3 Å². The highest BCUT2D eigenvalue weighted by Crippen LogP contribution is 2.26. The van der Waals surface area contributed by atoms with Crippen LogP contribution in [0, 0.1) is 0 Å². The van der Waals surface area contributed by atoms with Crippen molar-refractivity contribution in [3.63, 3.8) is 0 Å². The topological polar surface area (TPSA) is 80.0 Å². The zero-order valence-corrected chi connectivity index (χ0v) is 19.1. The second-order valence-corrected chi connectivity index (χ2v) is 8.22. The van der Waals surface area contributed by atoms with Crippen molar-refractivity contribution in [3.05, 3.63) is 72.4 Å². The lowest BCUT2D eigenvalue weighted by molar-refractivity contribution is -0.130. The molecule has 172 valence electrons. The number of amides is 2. The Morgan fingerprint density at radius 3 is 2.12 bits per heavy atom. The van der Waals surface area contributed by atoms with Crippen LogP contribution in [0.1, 0.15) is 17.4 Å². The Kier molecular flexibility index (Phi) is 5.71. The summed E-state index contributed by atoms with van der Waals surface area (Å²) >= 11 is 0. The molecule has 2 amide bonds. The second-order valence-electron chi connectivity index (χ2n) is 8.22. The average Bonchev–Trinajstić information content (AvgIpc) is 3.33. The van der Waals surface area contributed by atoms with E-state index in [0.717, 1.165) is 22.6 Å². The SMILES string of the molecule is COc1ccc(-c2cc(C(=O)N3CCN(C(C)=O)CC3)n3nc(-c4ccccc4)cc3n2)cc1. The molecule has 4 aromatic rings. The van der Waals surface area contributed by atoms with Gasteiger partial charge in [-0.1, -0.05) is 30.3 Å². The van der Waals surface area contributed by atoms with Crippen LogP contribution in [0.15, 0.2) is 66.7 Å². The molecule has 0 spiro atoms. The van der Waals surface area contributed by atoms with Gasteiger partial charge in [0.1, 0.15) is 11.4 Å². The molecule has 0 unspecified atom stereocenters. The molecule has 1 aliphatic heterocycles. The van der Waals surface area contributed by atoms with Crippen molar-refractivity contribution in [2.75, 3.05) is 33.3 Å². The molecule has 0 bridgehead atoms. The van der Waals surface area contributed by atoms with Crippen molar-refractivity contribution < 1.29 is 14.3 Å². The van der Waals surface area contributed by atoms with Crippen molar-refractivity contribution in [1.82, 2.24) is 24.4 Å². The molecule has 1 fully saturated rings. The molecule has 2 aromatic carbocycles. The van der Waals surface area contributed by atoms with Gasteiger partial charge >= 0.3 is 0 Å². The van der Waals surface area contributed by atoms with Crippen LogP contribution >= 0.6 is 0 Å². The predicted octanol–water partition coefficient (Wildman–Crippen LogP) is 3.38. The van der Waals surface area contributed by atoms with E-state index in [1.54, 1.807) is 34.4 Å². The van der Waals surface area contributed by atoms with Crippen LogP contribution in [0.3, 0.4) is 0 Å². The van der Waals surface area contributed by atoms with Crippen molar-refractivity contribution >= 4 is 17.5 Å². The molecule has 0 atom stereocenters. The first kappa shape index (κ1) is 21.6. The Labute approximate surface area is 197 Å². The molecule has 1 saturated heterocycles. The summed E-state index contributed by atoms with van der Waals surface area (Å²) in [5.41, 5.74) is 4.29. The minimum atomic E-state index is -0.131. The van der Waals surface area contributed by atoms with Crippen LogP contribution < -0.4 is 4.74 Å². The van der Waals surface area contributed by atoms with Gasteiger partial charge in [-0.3, -0.25) is 9.59 Å². The van der Waals surface area contributed by atoms with Crippen LogP contribution in [0.5, 0.6) is 5.75 Å². The highest BCUT2D eigenvalue weighted by Gasteiger charge is 2.26. The Hall–Kier alpha value is -4.20. The highest BCUT2D eigenvalue weighted by molar-refractivity contribution is 5.94. The largest absolute Gasteiger partial charge is 0.497 e. The molecule has 34 heavy (non-hydrogen) atoms. The van der Waals surface area contributed by atoms with Gasteiger partial charge < -0.3 is 14.5 Å². The average molecular weight is 456 g/mol.